The first-order chi connectivity index (χ1) is 8.58. The standard InChI is InChI=1S/C14H22ClN3/c1-4-14(3)5-7-18(8-6-14)13-12(9-15)10-16-11(2)17-13/h10H,4-9H2,1-3H3. The fraction of sp³-hybridized carbons (Fsp3) is 0.714. The predicted octanol–water partition coefficient (Wildman–Crippen LogP) is 3.54. The molecule has 0 aromatic carbocycles. The number of piperidine rings is 1. The monoisotopic (exact) mass is 267 g/mol. The minimum absolute atomic E-state index is 0.483. The third-order valence-electron chi connectivity index (χ3n) is 4.23. The topological polar surface area (TPSA) is 29.0 Å². The average molecular weight is 268 g/mol. The van der Waals surface area contributed by atoms with Gasteiger partial charge in [-0.05, 0) is 25.2 Å². The predicted molar refractivity (Wildman–Crippen MR) is 76.2 cm³/mol. The molecule has 2 rings (SSSR count). The van der Waals surface area contributed by atoms with E-state index in [1.807, 2.05) is 13.1 Å². The second kappa shape index (κ2) is 5.43. The zero-order chi connectivity index (χ0) is 13.2. The van der Waals surface area contributed by atoms with Crippen molar-refractivity contribution in [2.45, 2.75) is 45.9 Å². The van der Waals surface area contributed by atoms with E-state index in [0.29, 0.717) is 11.3 Å². The summed E-state index contributed by atoms with van der Waals surface area (Å²) < 4.78 is 0. The number of aromatic nitrogens is 2. The van der Waals surface area contributed by atoms with E-state index in [1.54, 1.807) is 0 Å². The van der Waals surface area contributed by atoms with Gasteiger partial charge < -0.3 is 4.90 Å². The van der Waals surface area contributed by atoms with Crippen LogP contribution in [-0.4, -0.2) is 23.1 Å². The van der Waals surface area contributed by atoms with Crippen LogP contribution in [0.1, 0.15) is 44.5 Å². The molecule has 1 aromatic heterocycles. The van der Waals surface area contributed by atoms with Crippen molar-refractivity contribution >= 4 is 17.4 Å². The van der Waals surface area contributed by atoms with Crippen molar-refractivity contribution in [3.8, 4) is 0 Å². The van der Waals surface area contributed by atoms with Crippen LogP contribution in [-0.2, 0) is 5.88 Å². The first kappa shape index (κ1) is 13.6. The maximum absolute atomic E-state index is 5.98. The third-order valence-corrected chi connectivity index (χ3v) is 4.52. The number of alkyl halides is 1. The molecule has 0 N–H and O–H groups in total. The van der Waals surface area contributed by atoms with Crippen molar-refractivity contribution < 1.29 is 0 Å². The summed E-state index contributed by atoms with van der Waals surface area (Å²) in [4.78, 5) is 11.2. The van der Waals surface area contributed by atoms with E-state index in [2.05, 4.69) is 28.7 Å². The number of nitrogens with zero attached hydrogens (tertiary/aromatic N) is 3. The maximum Gasteiger partial charge on any atom is 0.136 e. The molecule has 1 aliphatic rings. The second-order valence-corrected chi connectivity index (χ2v) is 5.82. The Balaban J connectivity index is 2.16. The Morgan fingerprint density at radius 1 is 1.39 bits per heavy atom. The summed E-state index contributed by atoms with van der Waals surface area (Å²) in [5.41, 5.74) is 1.54. The molecule has 100 valence electrons. The molecular weight excluding hydrogens is 246 g/mol. The number of hydrogen-bond acceptors (Lipinski definition) is 3. The van der Waals surface area contributed by atoms with Gasteiger partial charge >= 0.3 is 0 Å². The van der Waals surface area contributed by atoms with Gasteiger partial charge in [0.1, 0.15) is 11.6 Å². The molecule has 0 bridgehead atoms. The Labute approximate surface area is 115 Å². The van der Waals surface area contributed by atoms with Crippen molar-refractivity contribution in [3.63, 3.8) is 0 Å². The molecule has 0 aliphatic carbocycles. The lowest BCUT2D eigenvalue weighted by molar-refractivity contribution is 0.237. The van der Waals surface area contributed by atoms with Crippen LogP contribution in [0.25, 0.3) is 0 Å². The van der Waals surface area contributed by atoms with Crippen molar-refractivity contribution in [1.29, 1.82) is 0 Å². The summed E-state index contributed by atoms with van der Waals surface area (Å²) >= 11 is 5.98. The Hall–Kier alpha value is -0.830. The summed E-state index contributed by atoms with van der Waals surface area (Å²) in [7, 11) is 0. The van der Waals surface area contributed by atoms with Gasteiger partial charge in [0.2, 0.25) is 0 Å². The second-order valence-electron chi connectivity index (χ2n) is 5.55. The van der Waals surface area contributed by atoms with Crippen LogP contribution in [0.4, 0.5) is 5.82 Å². The van der Waals surface area contributed by atoms with Crippen LogP contribution in [0.5, 0.6) is 0 Å². The minimum Gasteiger partial charge on any atom is -0.356 e. The summed E-state index contributed by atoms with van der Waals surface area (Å²) in [5.74, 6) is 2.34. The first-order valence-corrected chi connectivity index (χ1v) is 7.25. The third kappa shape index (κ3) is 2.77. The van der Waals surface area contributed by atoms with E-state index in [-0.39, 0.29) is 0 Å². The van der Waals surface area contributed by atoms with E-state index in [1.165, 1.54) is 19.3 Å². The fourth-order valence-electron chi connectivity index (χ4n) is 2.46. The molecule has 1 aromatic rings. The molecule has 0 saturated carbocycles. The lowest BCUT2D eigenvalue weighted by Gasteiger charge is -2.40. The highest BCUT2D eigenvalue weighted by Crippen LogP contribution is 2.35. The molecule has 2 heterocycles. The largest absolute Gasteiger partial charge is 0.356 e. The van der Waals surface area contributed by atoms with Gasteiger partial charge in [0.25, 0.3) is 0 Å². The molecule has 0 amide bonds. The van der Waals surface area contributed by atoms with Crippen LogP contribution >= 0.6 is 11.6 Å². The maximum atomic E-state index is 5.98. The van der Waals surface area contributed by atoms with Crippen molar-refractivity contribution in [2.24, 2.45) is 5.41 Å². The molecule has 0 atom stereocenters. The molecule has 1 saturated heterocycles. The Kier molecular flexibility index (Phi) is 4.10. The molecule has 3 nitrogen and oxygen atoms in total. The van der Waals surface area contributed by atoms with E-state index in [9.17, 15) is 0 Å². The molecule has 0 radical (unpaired) electrons. The van der Waals surface area contributed by atoms with E-state index >= 15 is 0 Å². The summed E-state index contributed by atoms with van der Waals surface area (Å²) in [6.45, 7) is 8.75. The van der Waals surface area contributed by atoms with Crippen LogP contribution in [0.15, 0.2) is 6.20 Å². The van der Waals surface area contributed by atoms with Crippen LogP contribution in [0.2, 0.25) is 0 Å². The normalized spacial score (nSPS) is 19.0. The summed E-state index contributed by atoms with van der Waals surface area (Å²) in [6, 6.07) is 0. The van der Waals surface area contributed by atoms with Gasteiger partial charge in [-0.15, -0.1) is 11.6 Å². The van der Waals surface area contributed by atoms with Gasteiger partial charge in [-0.1, -0.05) is 20.3 Å². The number of halogens is 1. The van der Waals surface area contributed by atoms with E-state index in [4.69, 9.17) is 11.6 Å². The smallest absolute Gasteiger partial charge is 0.136 e. The molecule has 0 unspecified atom stereocenters. The lowest BCUT2D eigenvalue weighted by Crippen LogP contribution is -2.39. The van der Waals surface area contributed by atoms with Crippen LogP contribution in [0.3, 0.4) is 0 Å². The van der Waals surface area contributed by atoms with E-state index in [0.717, 1.165) is 30.3 Å². The molecule has 1 fully saturated rings. The fourth-order valence-corrected chi connectivity index (χ4v) is 2.65. The number of anilines is 1. The first-order valence-electron chi connectivity index (χ1n) is 6.71. The zero-order valence-corrected chi connectivity index (χ0v) is 12.3. The molecular formula is C14H22ClN3. The average Bonchev–Trinajstić information content (AvgIpc) is 2.39. The van der Waals surface area contributed by atoms with Crippen LogP contribution < -0.4 is 4.90 Å². The zero-order valence-electron chi connectivity index (χ0n) is 11.5. The highest BCUT2D eigenvalue weighted by molar-refractivity contribution is 6.17. The van der Waals surface area contributed by atoms with Crippen molar-refractivity contribution in [1.82, 2.24) is 9.97 Å². The van der Waals surface area contributed by atoms with Crippen molar-refractivity contribution in [2.75, 3.05) is 18.0 Å². The minimum atomic E-state index is 0.483. The van der Waals surface area contributed by atoms with Gasteiger partial charge in [0.15, 0.2) is 0 Å². The van der Waals surface area contributed by atoms with Gasteiger partial charge in [-0.2, -0.15) is 0 Å². The Bertz CT molecular complexity index is 412. The van der Waals surface area contributed by atoms with E-state index < -0.39 is 0 Å². The van der Waals surface area contributed by atoms with Gasteiger partial charge in [0.05, 0.1) is 5.88 Å². The molecule has 18 heavy (non-hydrogen) atoms. The quantitative estimate of drug-likeness (QED) is 0.785. The Morgan fingerprint density at radius 2 is 2.06 bits per heavy atom. The van der Waals surface area contributed by atoms with Gasteiger partial charge in [-0.3, -0.25) is 0 Å². The summed E-state index contributed by atoms with van der Waals surface area (Å²) in [5, 5.41) is 0. The SMILES string of the molecule is CCC1(C)CCN(c2nc(C)ncc2CCl)CC1. The highest BCUT2D eigenvalue weighted by Gasteiger charge is 2.29. The van der Waals surface area contributed by atoms with Crippen LogP contribution in [0, 0.1) is 12.3 Å². The number of aryl methyl sites for hydroxylation is 1. The molecule has 1 aliphatic heterocycles. The summed E-state index contributed by atoms with van der Waals surface area (Å²) in [6.07, 6.45) is 5.58. The number of rotatable bonds is 3. The lowest BCUT2D eigenvalue weighted by atomic mass is 9.78. The number of hydrogen-bond donors (Lipinski definition) is 0. The van der Waals surface area contributed by atoms with Gasteiger partial charge in [-0.25, -0.2) is 9.97 Å². The Morgan fingerprint density at radius 3 is 2.61 bits per heavy atom. The van der Waals surface area contributed by atoms with Gasteiger partial charge in [0, 0.05) is 24.8 Å². The molecule has 0 spiro atoms. The molecule has 4 heteroatoms. The highest BCUT2D eigenvalue weighted by atomic mass is 35.5. The van der Waals surface area contributed by atoms with Crippen molar-refractivity contribution in [3.05, 3.63) is 17.6 Å².